The second-order valence-electron chi connectivity index (χ2n) is 5.64. The Morgan fingerprint density at radius 3 is 2.17 bits per heavy atom. The molecule has 2 rings (SSSR count). The third-order valence-electron chi connectivity index (χ3n) is 3.73. The predicted molar refractivity (Wildman–Crippen MR) is 97.6 cm³/mol. The summed E-state index contributed by atoms with van der Waals surface area (Å²) in [7, 11) is 0. The molecule has 3 nitrogen and oxygen atoms in total. The number of benzene rings is 2. The van der Waals surface area contributed by atoms with Crippen LogP contribution in [0.3, 0.4) is 0 Å². The van der Waals surface area contributed by atoms with E-state index in [4.69, 9.17) is 5.73 Å². The molecule has 0 heterocycles. The van der Waals surface area contributed by atoms with Crippen LogP contribution >= 0.6 is 12.4 Å². The van der Waals surface area contributed by atoms with Crippen LogP contribution in [0.2, 0.25) is 0 Å². The van der Waals surface area contributed by atoms with Crippen LogP contribution in [-0.2, 0) is 11.2 Å². The largest absolute Gasteiger partial charge is 0.348 e. The minimum Gasteiger partial charge on any atom is -0.348 e. The molecule has 0 radical (unpaired) electrons. The minimum atomic E-state index is -0.486. The summed E-state index contributed by atoms with van der Waals surface area (Å²) in [6.45, 7) is 1.71. The third kappa shape index (κ3) is 6.43. The summed E-state index contributed by atoms with van der Waals surface area (Å²) in [4.78, 5) is 11.9. The molecule has 2 aromatic rings. The van der Waals surface area contributed by atoms with Crippen LogP contribution in [-0.4, -0.2) is 11.9 Å². The molecule has 0 aromatic heterocycles. The molecule has 2 atom stereocenters. The van der Waals surface area contributed by atoms with E-state index in [9.17, 15) is 4.79 Å². The van der Waals surface area contributed by atoms with Crippen LogP contribution in [0.5, 0.6) is 0 Å². The highest BCUT2D eigenvalue weighted by atomic mass is 35.5. The molecule has 0 fully saturated rings. The number of hydrogen-bond donors (Lipinski definition) is 2. The number of amides is 1. The zero-order valence-electron chi connectivity index (χ0n) is 13.4. The van der Waals surface area contributed by atoms with E-state index in [1.807, 2.05) is 24.3 Å². The maximum Gasteiger partial charge on any atom is 0.237 e. The number of nitrogens with one attached hydrogen (secondary N) is 1. The van der Waals surface area contributed by atoms with E-state index >= 15 is 0 Å². The monoisotopic (exact) mass is 332 g/mol. The first-order chi connectivity index (χ1) is 10.7. The van der Waals surface area contributed by atoms with Gasteiger partial charge in [0.25, 0.3) is 0 Å². The van der Waals surface area contributed by atoms with Gasteiger partial charge >= 0.3 is 0 Å². The molecule has 1 amide bonds. The number of halogens is 1. The number of nitrogens with two attached hydrogens (primary N) is 1. The fraction of sp³-hybridized carbons (Fsp3) is 0.316. The van der Waals surface area contributed by atoms with Crippen molar-refractivity contribution < 1.29 is 4.79 Å². The molecular weight excluding hydrogens is 308 g/mol. The van der Waals surface area contributed by atoms with Gasteiger partial charge in [0.15, 0.2) is 0 Å². The topological polar surface area (TPSA) is 55.1 Å². The lowest BCUT2D eigenvalue weighted by molar-refractivity contribution is -0.122. The van der Waals surface area contributed by atoms with Crippen LogP contribution in [0, 0.1) is 0 Å². The van der Waals surface area contributed by atoms with Crippen LogP contribution < -0.4 is 11.1 Å². The van der Waals surface area contributed by atoms with Crippen molar-refractivity contribution in [1.82, 2.24) is 5.32 Å². The summed E-state index contributed by atoms with van der Waals surface area (Å²) in [5, 5.41) is 3.06. The smallest absolute Gasteiger partial charge is 0.237 e. The zero-order chi connectivity index (χ0) is 15.8. The van der Waals surface area contributed by atoms with Gasteiger partial charge in [-0.3, -0.25) is 4.79 Å². The van der Waals surface area contributed by atoms with Crippen molar-refractivity contribution in [1.29, 1.82) is 0 Å². The van der Waals surface area contributed by atoms with Gasteiger partial charge in [-0.1, -0.05) is 60.7 Å². The fourth-order valence-electron chi connectivity index (χ4n) is 2.47. The average Bonchev–Trinajstić information content (AvgIpc) is 2.55. The van der Waals surface area contributed by atoms with Crippen molar-refractivity contribution in [2.24, 2.45) is 5.73 Å². The van der Waals surface area contributed by atoms with Gasteiger partial charge in [-0.2, -0.15) is 0 Å². The first-order valence-electron chi connectivity index (χ1n) is 7.81. The molecule has 0 spiro atoms. The van der Waals surface area contributed by atoms with Gasteiger partial charge in [0.2, 0.25) is 5.91 Å². The van der Waals surface area contributed by atoms with E-state index in [2.05, 4.69) is 41.7 Å². The van der Waals surface area contributed by atoms with Crippen LogP contribution in [0.4, 0.5) is 0 Å². The average molecular weight is 333 g/mol. The first-order valence-corrected chi connectivity index (χ1v) is 7.81. The molecule has 124 valence electrons. The lowest BCUT2D eigenvalue weighted by Gasteiger charge is -2.20. The highest BCUT2D eigenvalue weighted by Gasteiger charge is 2.16. The highest BCUT2D eigenvalue weighted by molar-refractivity contribution is 5.85. The summed E-state index contributed by atoms with van der Waals surface area (Å²) in [6.07, 6.45) is 2.93. The van der Waals surface area contributed by atoms with Crippen molar-refractivity contribution in [2.75, 3.05) is 0 Å². The molecule has 0 aliphatic carbocycles. The second kappa shape index (κ2) is 10.0. The quantitative estimate of drug-likeness (QED) is 0.813. The molecule has 2 aromatic carbocycles. The van der Waals surface area contributed by atoms with E-state index in [0.717, 1.165) is 24.8 Å². The molecule has 0 aliphatic heterocycles. The Bertz CT molecular complexity index is 572. The molecule has 0 bridgehead atoms. The van der Waals surface area contributed by atoms with E-state index in [1.54, 1.807) is 6.92 Å². The van der Waals surface area contributed by atoms with Gasteiger partial charge in [0.05, 0.1) is 12.1 Å². The van der Waals surface area contributed by atoms with Crippen molar-refractivity contribution in [3.05, 3.63) is 71.8 Å². The summed E-state index contributed by atoms with van der Waals surface area (Å²) < 4.78 is 0. The van der Waals surface area contributed by atoms with Gasteiger partial charge in [0.1, 0.15) is 0 Å². The summed E-state index contributed by atoms with van der Waals surface area (Å²) in [6, 6.07) is 20.0. The highest BCUT2D eigenvalue weighted by Crippen LogP contribution is 2.20. The van der Waals surface area contributed by atoms with Gasteiger partial charge < -0.3 is 11.1 Å². The molecule has 0 aliphatic rings. The van der Waals surface area contributed by atoms with E-state index in [0.29, 0.717) is 0 Å². The molecule has 0 saturated carbocycles. The maximum absolute atomic E-state index is 11.9. The number of carbonyl (C=O) groups is 1. The van der Waals surface area contributed by atoms with Gasteiger partial charge in [0, 0.05) is 0 Å². The third-order valence-corrected chi connectivity index (χ3v) is 3.73. The first kappa shape index (κ1) is 19.2. The number of carbonyl (C=O) groups excluding carboxylic acids is 1. The number of hydrogen-bond acceptors (Lipinski definition) is 2. The van der Waals surface area contributed by atoms with Gasteiger partial charge in [-0.05, 0) is 37.3 Å². The molecule has 3 N–H and O–H groups in total. The molecule has 23 heavy (non-hydrogen) atoms. The van der Waals surface area contributed by atoms with Crippen molar-refractivity contribution in [3.8, 4) is 0 Å². The summed E-state index contributed by atoms with van der Waals surface area (Å²) in [5.41, 5.74) is 8.13. The van der Waals surface area contributed by atoms with Crippen molar-refractivity contribution in [2.45, 2.75) is 38.3 Å². The van der Waals surface area contributed by atoms with E-state index in [1.165, 1.54) is 5.56 Å². The SMILES string of the molecule is CC(N)C(=O)NC(CCCc1ccccc1)c1ccccc1.Cl. The van der Waals surface area contributed by atoms with Crippen molar-refractivity contribution >= 4 is 18.3 Å². The van der Waals surface area contributed by atoms with E-state index < -0.39 is 6.04 Å². The lowest BCUT2D eigenvalue weighted by atomic mass is 9.98. The van der Waals surface area contributed by atoms with E-state index in [-0.39, 0.29) is 24.4 Å². The van der Waals surface area contributed by atoms with Crippen LogP contribution in [0.25, 0.3) is 0 Å². The van der Waals surface area contributed by atoms with Crippen LogP contribution in [0.1, 0.15) is 36.9 Å². The second-order valence-corrected chi connectivity index (χ2v) is 5.64. The molecule has 0 saturated heterocycles. The normalized spacial score (nSPS) is 12.8. The number of rotatable bonds is 7. The number of aryl methyl sites for hydroxylation is 1. The molecular formula is C19H25ClN2O. The summed E-state index contributed by atoms with van der Waals surface area (Å²) in [5.74, 6) is -0.103. The Hall–Kier alpha value is -1.84. The minimum absolute atomic E-state index is 0. The lowest BCUT2D eigenvalue weighted by Crippen LogP contribution is -2.40. The standard InChI is InChI=1S/C19H24N2O.ClH/c1-15(20)19(22)21-18(17-12-6-3-7-13-17)14-8-11-16-9-4-2-5-10-16;/h2-7,9-10,12-13,15,18H,8,11,14,20H2,1H3,(H,21,22);1H. The molecule has 4 heteroatoms. The van der Waals surface area contributed by atoms with Crippen molar-refractivity contribution in [3.63, 3.8) is 0 Å². The Kier molecular flexibility index (Phi) is 8.38. The Morgan fingerprint density at radius 1 is 1.04 bits per heavy atom. The van der Waals surface area contributed by atoms with Gasteiger partial charge in [-0.15, -0.1) is 12.4 Å². The summed E-state index contributed by atoms with van der Waals surface area (Å²) >= 11 is 0. The predicted octanol–water partition coefficient (Wildman–Crippen LogP) is 3.64. The molecule has 2 unspecified atom stereocenters. The Balaban J connectivity index is 0.00000264. The Labute approximate surface area is 144 Å². The Morgan fingerprint density at radius 2 is 1.61 bits per heavy atom. The zero-order valence-corrected chi connectivity index (χ0v) is 14.3. The maximum atomic E-state index is 11.9. The van der Waals surface area contributed by atoms with Crippen LogP contribution in [0.15, 0.2) is 60.7 Å². The van der Waals surface area contributed by atoms with Gasteiger partial charge in [-0.25, -0.2) is 0 Å². The fourth-order valence-corrected chi connectivity index (χ4v) is 2.47.